The maximum Gasteiger partial charge on any atom is 0.325 e. The molecule has 2 aromatic rings. The van der Waals surface area contributed by atoms with Crippen molar-refractivity contribution in [3.8, 4) is 11.5 Å². The molecule has 13 nitrogen and oxygen atoms in total. The number of rotatable bonds is 8. The maximum atomic E-state index is 12.3. The van der Waals surface area contributed by atoms with Crippen LogP contribution < -0.4 is 5.32 Å². The largest absolute Gasteiger partial charge is 0.508 e. The molecule has 2 fully saturated rings. The normalized spacial score (nSPS) is 18.3. The Morgan fingerprint density at radius 1 is 0.841 bits per heavy atom. The van der Waals surface area contributed by atoms with Crippen molar-refractivity contribution in [1.82, 2.24) is 24.9 Å². The van der Waals surface area contributed by atoms with E-state index in [1.165, 1.54) is 39.0 Å². The molecule has 0 bridgehead atoms. The molecule has 2 aromatic carbocycles. The molecule has 2 aliphatic rings. The average molecular weight is 610 g/mol. The van der Waals surface area contributed by atoms with E-state index in [9.17, 15) is 39.0 Å². The Morgan fingerprint density at radius 2 is 1.36 bits per heavy atom. The van der Waals surface area contributed by atoms with Crippen LogP contribution >= 0.6 is 0 Å². The minimum atomic E-state index is -0.802. The van der Waals surface area contributed by atoms with Crippen molar-refractivity contribution in [1.29, 1.82) is 0 Å². The number of phenols is 2. The monoisotopic (exact) mass is 609 g/mol. The SMILES string of the molecule is CCN1CCC(N(C=O)C(C)c2ccc(O)cc2)C(=O)C1=O.CCN1CCN(C(=O)NC(C)c2ccc(O)cc2)C(=O)C1=O. The fraction of sp³-hybridized carbons (Fsp3) is 0.419. The van der Waals surface area contributed by atoms with E-state index in [1.807, 2.05) is 6.92 Å². The number of ketones is 1. The van der Waals surface area contributed by atoms with Crippen LogP contribution in [0.25, 0.3) is 0 Å². The number of carbonyl (C=O) groups is 6. The van der Waals surface area contributed by atoms with E-state index in [0.717, 1.165) is 16.0 Å². The maximum absolute atomic E-state index is 12.3. The summed E-state index contributed by atoms with van der Waals surface area (Å²) in [4.78, 5) is 76.9. The molecule has 3 unspecified atom stereocenters. The molecule has 6 amide bonds. The highest BCUT2D eigenvalue weighted by atomic mass is 16.3. The number of hydrogen-bond donors (Lipinski definition) is 3. The molecule has 0 spiro atoms. The predicted octanol–water partition coefficient (Wildman–Crippen LogP) is 1.95. The van der Waals surface area contributed by atoms with Crippen molar-refractivity contribution in [3.63, 3.8) is 0 Å². The number of imide groups is 1. The summed E-state index contributed by atoms with van der Waals surface area (Å²) in [6.07, 6.45) is 1.06. The molecule has 0 aliphatic carbocycles. The fourth-order valence-electron chi connectivity index (χ4n) is 5.03. The van der Waals surface area contributed by atoms with Gasteiger partial charge in [0, 0.05) is 32.7 Å². The van der Waals surface area contributed by atoms with Crippen LogP contribution in [-0.2, 0) is 24.0 Å². The van der Waals surface area contributed by atoms with Gasteiger partial charge in [0.2, 0.25) is 12.2 Å². The summed E-state index contributed by atoms with van der Waals surface area (Å²) < 4.78 is 0. The number of piperidine rings is 1. The van der Waals surface area contributed by atoms with Gasteiger partial charge in [-0.25, -0.2) is 4.79 Å². The molecule has 0 radical (unpaired) electrons. The van der Waals surface area contributed by atoms with Crippen molar-refractivity contribution >= 4 is 35.9 Å². The summed E-state index contributed by atoms with van der Waals surface area (Å²) >= 11 is 0. The third-order valence-corrected chi connectivity index (χ3v) is 7.83. The zero-order valence-corrected chi connectivity index (χ0v) is 25.3. The van der Waals surface area contributed by atoms with Gasteiger partial charge in [-0.05, 0) is 69.5 Å². The molecule has 3 atom stereocenters. The van der Waals surface area contributed by atoms with Crippen LogP contribution in [0.4, 0.5) is 4.79 Å². The van der Waals surface area contributed by atoms with E-state index in [-0.39, 0.29) is 30.1 Å². The number of likely N-dealkylation sites (N-methyl/N-ethyl adjacent to an activating group) is 2. The fourth-order valence-corrected chi connectivity index (χ4v) is 5.03. The third-order valence-electron chi connectivity index (χ3n) is 7.83. The first-order valence-corrected chi connectivity index (χ1v) is 14.5. The third kappa shape index (κ3) is 7.71. The summed E-state index contributed by atoms with van der Waals surface area (Å²) in [5, 5.41) is 21.3. The van der Waals surface area contributed by atoms with Gasteiger partial charge in [0.1, 0.15) is 17.5 Å². The van der Waals surface area contributed by atoms with E-state index in [0.29, 0.717) is 39.0 Å². The molecular formula is C31H39N5O8. The molecule has 0 aromatic heterocycles. The van der Waals surface area contributed by atoms with Gasteiger partial charge >= 0.3 is 17.8 Å². The smallest absolute Gasteiger partial charge is 0.325 e. The Kier molecular flexibility index (Phi) is 11.4. The second-order valence-electron chi connectivity index (χ2n) is 10.5. The molecule has 0 saturated carbocycles. The average Bonchev–Trinajstić information content (AvgIpc) is 3.01. The molecule has 13 heteroatoms. The lowest BCUT2D eigenvalue weighted by atomic mass is 9.97. The number of carbonyl (C=O) groups excluding carboxylic acids is 6. The Morgan fingerprint density at radius 3 is 1.89 bits per heavy atom. The molecule has 236 valence electrons. The lowest BCUT2D eigenvalue weighted by Gasteiger charge is -2.37. The van der Waals surface area contributed by atoms with Gasteiger partial charge in [0.25, 0.3) is 5.91 Å². The molecule has 3 N–H and O–H groups in total. The number of phenolic OH excluding ortho intramolecular Hbond substituents is 2. The highest BCUT2D eigenvalue weighted by Gasteiger charge is 2.39. The lowest BCUT2D eigenvalue weighted by Crippen LogP contribution is -2.58. The molecular weight excluding hydrogens is 570 g/mol. The zero-order chi connectivity index (χ0) is 32.6. The summed E-state index contributed by atoms with van der Waals surface area (Å²) in [6.45, 7) is 9.11. The summed E-state index contributed by atoms with van der Waals surface area (Å²) in [7, 11) is 0. The molecule has 4 rings (SSSR count). The van der Waals surface area contributed by atoms with Gasteiger partial charge in [-0.1, -0.05) is 24.3 Å². The number of nitrogens with zero attached hydrogens (tertiary/aromatic N) is 4. The number of hydrogen-bond acceptors (Lipinski definition) is 8. The van der Waals surface area contributed by atoms with Crippen LogP contribution in [0.3, 0.4) is 0 Å². The van der Waals surface area contributed by atoms with E-state index < -0.39 is 35.6 Å². The van der Waals surface area contributed by atoms with E-state index in [1.54, 1.807) is 45.0 Å². The van der Waals surface area contributed by atoms with Crippen LogP contribution in [0.2, 0.25) is 0 Å². The number of urea groups is 1. The Bertz CT molecular complexity index is 1360. The van der Waals surface area contributed by atoms with E-state index in [4.69, 9.17) is 0 Å². The van der Waals surface area contributed by atoms with Crippen molar-refractivity contribution < 1.29 is 39.0 Å². The second-order valence-corrected chi connectivity index (χ2v) is 10.5. The molecule has 2 heterocycles. The molecule has 44 heavy (non-hydrogen) atoms. The number of Topliss-reactive ketones (excluding diaryl/α,β-unsaturated/α-hetero) is 1. The topological polar surface area (TPSA) is 168 Å². The van der Waals surface area contributed by atoms with Gasteiger partial charge in [-0.15, -0.1) is 0 Å². The highest BCUT2D eigenvalue weighted by Crippen LogP contribution is 2.26. The van der Waals surface area contributed by atoms with Crippen molar-refractivity contribution in [3.05, 3.63) is 59.7 Å². The van der Waals surface area contributed by atoms with Crippen LogP contribution in [0, 0.1) is 0 Å². The van der Waals surface area contributed by atoms with Crippen LogP contribution in [-0.4, -0.2) is 105 Å². The minimum Gasteiger partial charge on any atom is -0.508 e. The highest BCUT2D eigenvalue weighted by molar-refractivity contribution is 6.39. The Balaban J connectivity index is 0.000000240. The molecule has 2 aliphatic heterocycles. The summed E-state index contributed by atoms with van der Waals surface area (Å²) in [5.41, 5.74) is 1.58. The predicted molar refractivity (Wildman–Crippen MR) is 159 cm³/mol. The number of nitrogens with one attached hydrogen (secondary N) is 1. The molecule has 2 saturated heterocycles. The minimum absolute atomic E-state index is 0.135. The number of likely N-dealkylation sites (tertiary alicyclic amines) is 1. The van der Waals surface area contributed by atoms with Gasteiger partial charge in [-0.2, -0.15) is 0 Å². The van der Waals surface area contributed by atoms with Crippen molar-refractivity contribution in [2.24, 2.45) is 0 Å². The van der Waals surface area contributed by atoms with Crippen LogP contribution in [0.15, 0.2) is 48.5 Å². The number of amides is 6. The van der Waals surface area contributed by atoms with Crippen molar-refractivity contribution in [2.75, 3.05) is 32.7 Å². The second kappa shape index (κ2) is 15.0. The summed E-state index contributed by atoms with van der Waals surface area (Å²) in [5.74, 6) is -2.24. The zero-order valence-electron chi connectivity index (χ0n) is 25.3. The van der Waals surface area contributed by atoms with Gasteiger partial charge in [0.15, 0.2) is 0 Å². The Hall–Kier alpha value is -4.94. The first-order valence-electron chi connectivity index (χ1n) is 14.5. The van der Waals surface area contributed by atoms with Crippen LogP contribution in [0.5, 0.6) is 11.5 Å². The lowest BCUT2D eigenvalue weighted by molar-refractivity contribution is -0.153. The van der Waals surface area contributed by atoms with Gasteiger partial charge < -0.3 is 30.2 Å². The summed E-state index contributed by atoms with van der Waals surface area (Å²) in [6, 6.07) is 10.8. The quantitative estimate of drug-likeness (QED) is 0.302. The first-order chi connectivity index (χ1) is 20.9. The number of aromatic hydroxyl groups is 2. The van der Waals surface area contributed by atoms with Gasteiger partial charge in [0.05, 0.1) is 12.1 Å². The van der Waals surface area contributed by atoms with Crippen LogP contribution in [0.1, 0.15) is 57.3 Å². The van der Waals surface area contributed by atoms with E-state index in [2.05, 4.69) is 5.32 Å². The van der Waals surface area contributed by atoms with E-state index >= 15 is 0 Å². The number of benzene rings is 2. The Labute approximate surface area is 256 Å². The number of piperazine rings is 1. The first kappa shape index (κ1) is 33.6. The van der Waals surface area contributed by atoms with Crippen molar-refractivity contribution in [2.45, 2.75) is 52.2 Å². The standard InChI is InChI=1S/C16H20N2O4.C15H19N3O4/c1-3-17-9-8-14(15(21)16(17)22)18(10-19)11(2)12-4-6-13(20)7-5-12;1-3-17-8-9-18(14(21)13(17)20)15(22)16-10(2)11-4-6-12(19)7-5-11/h4-7,10-11,14,20H,3,8-9H2,1-2H3;4-7,10,19H,3,8-9H2,1-2H3,(H,16,22). The van der Waals surface area contributed by atoms with Gasteiger partial charge in [-0.3, -0.25) is 28.9 Å².